The summed E-state index contributed by atoms with van der Waals surface area (Å²) in [5, 5.41) is 2.13. The van der Waals surface area contributed by atoms with Crippen LogP contribution in [0.1, 0.15) is 0 Å². The third-order valence-electron chi connectivity index (χ3n) is 5.43. The minimum atomic E-state index is -4.41. The van der Waals surface area contributed by atoms with Crippen molar-refractivity contribution >= 4 is 33.8 Å². The number of halogens is 6. The number of methoxy groups -OCH3 is 1. The zero-order valence-corrected chi connectivity index (χ0v) is 23.2. The molecule has 3 heterocycles. The van der Waals surface area contributed by atoms with Crippen LogP contribution >= 0.6 is 0 Å². The van der Waals surface area contributed by atoms with Crippen molar-refractivity contribution in [2.75, 3.05) is 24.7 Å². The van der Waals surface area contributed by atoms with Crippen molar-refractivity contribution in [3.8, 4) is 17.1 Å². The number of anilines is 2. The number of nitrogen functional groups attached to an aromatic ring is 1. The second-order valence-corrected chi connectivity index (χ2v) is 8.68. The van der Waals surface area contributed by atoms with Gasteiger partial charge in [0.25, 0.3) is 0 Å². The van der Waals surface area contributed by atoms with Gasteiger partial charge in [-0.15, -0.1) is 0 Å². The molecular weight excluding hydrogens is 606 g/mol. The highest BCUT2D eigenvalue weighted by Crippen LogP contribution is 2.30. The van der Waals surface area contributed by atoms with Gasteiger partial charge in [-0.2, -0.15) is 26.3 Å². The first-order valence-corrected chi connectivity index (χ1v) is 12.4. The van der Waals surface area contributed by atoms with E-state index in [1.54, 1.807) is 19.5 Å². The highest BCUT2D eigenvalue weighted by atomic mass is 19.4. The van der Waals surface area contributed by atoms with Gasteiger partial charge in [-0.3, -0.25) is 0 Å². The first kappa shape index (κ1) is 33.5. The van der Waals surface area contributed by atoms with E-state index in [4.69, 9.17) is 23.6 Å². The Hall–Kier alpha value is -5.97. The lowest BCUT2D eigenvalue weighted by molar-refractivity contribution is -0.139. The number of alkyl halides is 6. The molecule has 0 atom stereocenters. The summed E-state index contributed by atoms with van der Waals surface area (Å²) in [7, 11) is 1.58. The maximum atomic E-state index is 12.9. The first-order chi connectivity index (χ1) is 21.3. The van der Waals surface area contributed by atoms with Crippen molar-refractivity contribution in [1.82, 2.24) is 29.5 Å². The highest BCUT2D eigenvalue weighted by Gasteiger charge is 2.31. The molecule has 45 heavy (non-hydrogen) atoms. The molecule has 3 N–H and O–H groups in total. The van der Waals surface area contributed by atoms with Gasteiger partial charge in [-0.25, -0.2) is 34.6 Å². The fourth-order valence-electron chi connectivity index (χ4n) is 3.51. The third-order valence-corrected chi connectivity index (χ3v) is 5.43. The summed E-state index contributed by atoms with van der Waals surface area (Å²) < 4.78 is 80.1. The van der Waals surface area contributed by atoms with Gasteiger partial charge < -0.3 is 20.4 Å². The van der Waals surface area contributed by atoms with Gasteiger partial charge in [0.15, 0.2) is 17.1 Å². The molecule has 0 aliphatic rings. The lowest BCUT2D eigenvalue weighted by atomic mass is 10.2. The van der Waals surface area contributed by atoms with Gasteiger partial charge >= 0.3 is 12.4 Å². The van der Waals surface area contributed by atoms with Crippen LogP contribution in [0.5, 0.6) is 5.75 Å². The number of hydrogen-bond donors (Lipinski definition) is 2. The largest absolute Gasteiger partial charge is 0.494 e. The number of benzene rings is 2. The Morgan fingerprint density at radius 1 is 0.844 bits per heavy atom. The first-order valence-electron chi connectivity index (χ1n) is 12.4. The Bertz CT molecular complexity index is 1780. The molecule has 5 rings (SSSR count). The van der Waals surface area contributed by atoms with Crippen LogP contribution in [0.25, 0.3) is 32.1 Å². The number of nitrogens with one attached hydrogen (secondary N) is 1. The van der Waals surface area contributed by atoms with Crippen LogP contribution in [0.4, 0.5) is 49.1 Å². The van der Waals surface area contributed by atoms with Crippen LogP contribution in [-0.2, 0) is 6.54 Å². The zero-order chi connectivity index (χ0) is 33.0. The minimum absolute atomic E-state index is 0.120. The van der Waals surface area contributed by atoms with Crippen molar-refractivity contribution in [3.63, 3.8) is 0 Å². The van der Waals surface area contributed by atoms with Crippen molar-refractivity contribution < 1.29 is 31.1 Å². The Labute approximate surface area is 252 Å². The van der Waals surface area contributed by atoms with Crippen LogP contribution < -0.4 is 15.8 Å². The molecule has 5 aromatic rings. The summed E-state index contributed by atoms with van der Waals surface area (Å²) in [6.07, 6.45) is 0.0419. The molecular formula is C28H22F6N10O. The van der Waals surface area contributed by atoms with Crippen molar-refractivity contribution in [2.45, 2.75) is 18.9 Å². The maximum Gasteiger partial charge on any atom is 0.406 e. The number of rotatable bonds is 5. The number of hydrogen-bond acceptors (Lipinski definition) is 8. The van der Waals surface area contributed by atoms with Crippen molar-refractivity contribution in [2.24, 2.45) is 0 Å². The molecule has 0 amide bonds. The quantitative estimate of drug-likeness (QED) is 0.123. The van der Waals surface area contributed by atoms with Crippen LogP contribution in [0.3, 0.4) is 0 Å². The van der Waals surface area contributed by atoms with E-state index < -0.39 is 25.4 Å². The van der Waals surface area contributed by atoms with Crippen LogP contribution in [-0.4, -0.2) is 55.5 Å². The number of nitrogens with zero attached hydrogens (tertiary/aromatic N) is 8. The monoisotopic (exact) mass is 628 g/mol. The van der Waals surface area contributed by atoms with Crippen LogP contribution in [0.2, 0.25) is 0 Å². The Kier molecular flexibility index (Phi) is 11.2. The molecule has 2 aromatic carbocycles. The van der Waals surface area contributed by atoms with Gasteiger partial charge in [0.05, 0.1) is 54.9 Å². The normalized spacial score (nSPS) is 10.8. The smallest absolute Gasteiger partial charge is 0.406 e. The highest BCUT2D eigenvalue weighted by molar-refractivity contribution is 5.84. The van der Waals surface area contributed by atoms with E-state index in [2.05, 4.69) is 39.9 Å². The molecule has 0 saturated heterocycles. The molecule has 0 saturated carbocycles. The predicted molar refractivity (Wildman–Crippen MR) is 153 cm³/mol. The average molecular weight is 629 g/mol. The predicted octanol–water partition coefficient (Wildman–Crippen LogP) is 6.89. The second-order valence-electron chi connectivity index (χ2n) is 8.68. The van der Waals surface area contributed by atoms with E-state index in [1.807, 2.05) is 0 Å². The summed E-state index contributed by atoms with van der Waals surface area (Å²) in [5.41, 5.74) is 7.27. The molecule has 232 valence electrons. The Balaban J connectivity index is 0.000000207. The van der Waals surface area contributed by atoms with E-state index in [-0.39, 0.29) is 34.1 Å². The van der Waals surface area contributed by atoms with Crippen molar-refractivity contribution in [1.29, 1.82) is 0 Å². The lowest BCUT2D eigenvalue weighted by Gasteiger charge is -2.11. The Morgan fingerprint density at radius 3 is 1.96 bits per heavy atom. The maximum absolute atomic E-state index is 12.9. The number of fused-ring (bicyclic) bond motifs is 1. The molecule has 0 radical (unpaired) electrons. The fourth-order valence-corrected chi connectivity index (χ4v) is 3.51. The summed E-state index contributed by atoms with van der Waals surface area (Å²) >= 11 is 0. The topological polar surface area (TPSA) is 125 Å². The van der Waals surface area contributed by atoms with Gasteiger partial charge in [-0.05, 0) is 24.3 Å². The van der Waals surface area contributed by atoms with E-state index in [1.165, 1.54) is 61.4 Å². The van der Waals surface area contributed by atoms with Gasteiger partial charge in [0.2, 0.25) is 0 Å². The summed E-state index contributed by atoms with van der Waals surface area (Å²) in [5.74, 6) is 0.808. The lowest BCUT2D eigenvalue weighted by Crippen LogP contribution is -2.21. The molecule has 0 aliphatic heterocycles. The third kappa shape index (κ3) is 10.4. The molecule has 0 fully saturated rings. The van der Waals surface area contributed by atoms with E-state index in [0.717, 1.165) is 4.57 Å². The fraction of sp³-hybridized carbons (Fsp3) is 0.179. The van der Waals surface area contributed by atoms with E-state index >= 15 is 0 Å². The molecule has 11 nitrogen and oxygen atoms in total. The van der Waals surface area contributed by atoms with E-state index in [9.17, 15) is 26.3 Å². The molecule has 0 spiro atoms. The SMILES string of the molecule is COc1cncnc1.[C-]#[N+]c1ccc(N)c(NCC(F)(F)F)c1.[C-]#[N+]c1ccc2nc(-c3cncnc3)n(CC(F)(F)F)c2c1. The molecule has 3 aromatic heterocycles. The summed E-state index contributed by atoms with van der Waals surface area (Å²) in [4.78, 5) is 25.6. The van der Waals surface area contributed by atoms with Gasteiger partial charge in [0.1, 0.15) is 31.6 Å². The minimum Gasteiger partial charge on any atom is -0.494 e. The van der Waals surface area contributed by atoms with Gasteiger partial charge in [-0.1, -0.05) is 12.1 Å². The van der Waals surface area contributed by atoms with E-state index in [0.29, 0.717) is 16.8 Å². The van der Waals surface area contributed by atoms with Crippen molar-refractivity contribution in [3.05, 3.63) is 96.7 Å². The number of ether oxygens (including phenoxy) is 1. The molecule has 0 unspecified atom stereocenters. The van der Waals surface area contributed by atoms with Crippen LogP contribution in [0.15, 0.2) is 73.8 Å². The zero-order valence-electron chi connectivity index (χ0n) is 23.2. The number of nitrogens with two attached hydrogens (primary N) is 1. The number of aromatic nitrogens is 6. The summed E-state index contributed by atoms with van der Waals surface area (Å²) in [6, 6.07) is 8.57. The molecule has 0 aliphatic carbocycles. The van der Waals surface area contributed by atoms with Crippen LogP contribution in [0, 0.1) is 13.1 Å². The molecule has 17 heteroatoms. The van der Waals surface area contributed by atoms with Gasteiger partial charge in [0, 0.05) is 18.1 Å². The standard InChI is InChI=1S/C14H8F3N5.C9H8F3N3.C5H6N2O/c1-18-10-2-3-11-12(4-10)22(7-14(15,16)17)13(21-11)9-5-19-8-20-6-9;1-14-6-2-3-7(13)8(4-6)15-5-9(10,11)12;1-8-5-2-6-4-7-3-5/h2-6,8H,7H2;2-4,15H,5,13H2;2-4H,1H3. The Morgan fingerprint density at radius 2 is 1.42 bits per heavy atom. The molecule has 0 bridgehead atoms. The summed E-state index contributed by atoms with van der Waals surface area (Å²) in [6.45, 7) is 11.3. The number of imidazole rings is 1. The second kappa shape index (κ2) is 15.0. The average Bonchev–Trinajstić information content (AvgIpc) is 3.37.